The van der Waals surface area contributed by atoms with E-state index >= 15 is 0 Å². The molecule has 1 rings (SSSR count). The number of hydrogen-bond donors (Lipinski definition) is 3. The molecule has 0 aliphatic rings. The summed E-state index contributed by atoms with van der Waals surface area (Å²) >= 11 is 0. The van der Waals surface area contributed by atoms with Crippen LogP contribution in [0.25, 0.3) is 0 Å². The lowest BCUT2D eigenvalue weighted by molar-refractivity contribution is 0.292. The topological polar surface area (TPSA) is 84.1 Å². The molecule has 0 aliphatic heterocycles. The molecule has 16 heavy (non-hydrogen) atoms. The second-order valence-corrected chi connectivity index (χ2v) is 3.75. The maximum absolute atomic E-state index is 8.71. The Balaban J connectivity index is 2.79. The Morgan fingerprint density at radius 2 is 2.12 bits per heavy atom. The summed E-state index contributed by atoms with van der Waals surface area (Å²) in [5, 5.41) is 11.9. The molecule has 1 heterocycles. The number of nitrogens with zero attached hydrogens (tertiary/aromatic N) is 2. The summed E-state index contributed by atoms with van der Waals surface area (Å²) in [6.07, 6.45) is 2.53. The fourth-order valence-electron chi connectivity index (χ4n) is 1.38. The van der Waals surface area contributed by atoms with E-state index in [1.54, 1.807) is 0 Å². The molecule has 1 aromatic heterocycles. The van der Waals surface area contributed by atoms with Gasteiger partial charge in [-0.25, -0.2) is 9.97 Å². The average Bonchev–Trinajstić information content (AvgIpc) is 2.25. The van der Waals surface area contributed by atoms with E-state index in [4.69, 9.17) is 10.8 Å². The average molecular weight is 224 g/mol. The molecule has 5 nitrogen and oxygen atoms in total. The van der Waals surface area contributed by atoms with Gasteiger partial charge in [0, 0.05) is 25.1 Å². The van der Waals surface area contributed by atoms with E-state index in [2.05, 4.69) is 22.2 Å². The van der Waals surface area contributed by atoms with E-state index in [-0.39, 0.29) is 6.61 Å². The molecule has 1 aromatic rings. The Hall–Kier alpha value is -1.36. The van der Waals surface area contributed by atoms with Crippen LogP contribution >= 0.6 is 0 Å². The molecule has 4 N–H and O–H groups in total. The molecule has 0 saturated heterocycles. The van der Waals surface area contributed by atoms with E-state index in [0.717, 1.165) is 30.0 Å². The highest BCUT2D eigenvalue weighted by atomic mass is 16.3. The number of aromatic nitrogens is 2. The molecule has 0 saturated carbocycles. The smallest absolute Gasteiger partial charge is 0.134 e. The maximum atomic E-state index is 8.71. The van der Waals surface area contributed by atoms with E-state index in [9.17, 15) is 0 Å². The number of aryl methyl sites for hydroxylation is 1. The van der Waals surface area contributed by atoms with Gasteiger partial charge in [0.2, 0.25) is 0 Å². The van der Waals surface area contributed by atoms with Crippen molar-refractivity contribution in [3.63, 3.8) is 0 Å². The maximum Gasteiger partial charge on any atom is 0.134 e. The number of aliphatic hydroxyl groups excluding tert-OH is 1. The number of anilines is 2. The second kappa shape index (κ2) is 6.27. The summed E-state index contributed by atoms with van der Waals surface area (Å²) in [7, 11) is 0. The van der Waals surface area contributed by atoms with E-state index < -0.39 is 0 Å². The highest BCUT2D eigenvalue weighted by Gasteiger charge is 2.07. The van der Waals surface area contributed by atoms with Crippen LogP contribution in [0, 0.1) is 6.92 Å². The minimum Gasteiger partial charge on any atom is -0.396 e. The Morgan fingerprint density at radius 3 is 2.75 bits per heavy atom. The molecule has 0 bridgehead atoms. The highest BCUT2D eigenvalue weighted by Crippen LogP contribution is 2.17. The third kappa shape index (κ3) is 3.34. The normalized spacial score (nSPS) is 10.4. The van der Waals surface area contributed by atoms with Crippen molar-refractivity contribution in [3.8, 4) is 0 Å². The van der Waals surface area contributed by atoms with Crippen molar-refractivity contribution in [2.75, 3.05) is 24.2 Å². The number of nitrogens with one attached hydrogen (secondary N) is 1. The fourth-order valence-corrected chi connectivity index (χ4v) is 1.38. The summed E-state index contributed by atoms with van der Waals surface area (Å²) in [4.78, 5) is 8.64. The van der Waals surface area contributed by atoms with Crippen LogP contribution in [-0.2, 0) is 6.42 Å². The number of nitrogen functional groups attached to an aromatic ring is 1. The quantitative estimate of drug-likeness (QED) is 0.630. The van der Waals surface area contributed by atoms with Crippen LogP contribution in [0.2, 0.25) is 0 Å². The van der Waals surface area contributed by atoms with Gasteiger partial charge in [-0.1, -0.05) is 6.92 Å². The third-order valence-corrected chi connectivity index (χ3v) is 2.33. The summed E-state index contributed by atoms with van der Waals surface area (Å²) in [5.74, 6) is 2.09. The summed E-state index contributed by atoms with van der Waals surface area (Å²) in [6, 6.07) is 0. The SMILES string of the molecule is CCCc1nc(N)c(C)c(NCCCO)n1. The zero-order valence-electron chi connectivity index (χ0n) is 9.95. The van der Waals surface area contributed by atoms with Gasteiger partial charge >= 0.3 is 0 Å². The van der Waals surface area contributed by atoms with Gasteiger partial charge in [0.1, 0.15) is 17.5 Å². The zero-order valence-corrected chi connectivity index (χ0v) is 9.95. The predicted molar refractivity (Wildman–Crippen MR) is 65.4 cm³/mol. The minimum atomic E-state index is 0.175. The van der Waals surface area contributed by atoms with Crippen molar-refractivity contribution >= 4 is 11.6 Å². The Labute approximate surface area is 96.1 Å². The molecular weight excluding hydrogens is 204 g/mol. The van der Waals surface area contributed by atoms with Crippen molar-refractivity contribution in [1.82, 2.24) is 9.97 Å². The monoisotopic (exact) mass is 224 g/mol. The molecule has 0 amide bonds. The first-order valence-electron chi connectivity index (χ1n) is 5.66. The molecule has 0 aliphatic carbocycles. The van der Waals surface area contributed by atoms with Crippen molar-refractivity contribution in [3.05, 3.63) is 11.4 Å². The van der Waals surface area contributed by atoms with Crippen LogP contribution in [0.4, 0.5) is 11.6 Å². The number of hydrogen-bond acceptors (Lipinski definition) is 5. The number of rotatable bonds is 6. The van der Waals surface area contributed by atoms with E-state index in [1.165, 1.54) is 0 Å². The fraction of sp³-hybridized carbons (Fsp3) is 0.636. The molecule has 0 atom stereocenters. The Morgan fingerprint density at radius 1 is 1.38 bits per heavy atom. The lowest BCUT2D eigenvalue weighted by atomic mass is 10.2. The van der Waals surface area contributed by atoms with Crippen molar-refractivity contribution < 1.29 is 5.11 Å². The molecular formula is C11H20N4O. The second-order valence-electron chi connectivity index (χ2n) is 3.75. The van der Waals surface area contributed by atoms with Gasteiger partial charge in [-0.3, -0.25) is 0 Å². The Kier molecular flexibility index (Phi) is 4.98. The van der Waals surface area contributed by atoms with Gasteiger partial charge in [-0.2, -0.15) is 0 Å². The lowest BCUT2D eigenvalue weighted by Gasteiger charge is -2.11. The minimum absolute atomic E-state index is 0.175. The molecule has 0 radical (unpaired) electrons. The van der Waals surface area contributed by atoms with E-state index in [1.807, 2.05) is 6.92 Å². The first-order valence-corrected chi connectivity index (χ1v) is 5.66. The third-order valence-electron chi connectivity index (χ3n) is 2.33. The molecule has 5 heteroatoms. The molecule has 0 fully saturated rings. The van der Waals surface area contributed by atoms with Crippen molar-refractivity contribution in [1.29, 1.82) is 0 Å². The number of nitrogens with two attached hydrogens (primary N) is 1. The van der Waals surface area contributed by atoms with Crippen molar-refractivity contribution in [2.45, 2.75) is 33.1 Å². The van der Waals surface area contributed by atoms with Crippen LogP contribution in [0.3, 0.4) is 0 Å². The lowest BCUT2D eigenvalue weighted by Crippen LogP contribution is -2.11. The van der Waals surface area contributed by atoms with Crippen molar-refractivity contribution in [2.24, 2.45) is 0 Å². The van der Waals surface area contributed by atoms with Crippen LogP contribution in [0.1, 0.15) is 31.2 Å². The first-order chi connectivity index (χ1) is 7.69. The first kappa shape index (κ1) is 12.7. The van der Waals surface area contributed by atoms with Gasteiger partial charge in [-0.05, 0) is 19.8 Å². The van der Waals surface area contributed by atoms with Crippen LogP contribution in [0.15, 0.2) is 0 Å². The standard InChI is InChI=1S/C11H20N4O/c1-3-5-9-14-10(12)8(2)11(15-9)13-6-4-7-16/h16H,3-7H2,1-2H3,(H3,12,13,14,15). The van der Waals surface area contributed by atoms with Crippen LogP contribution in [-0.4, -0.2) is 28.2 Å². The summed E-state index contributed by atoms with van der Waals surface area (Å²) in [6.45, 7) is 4.85. The largest absolute Gasteiger partial charge is 0.396 e. The Bertz CT molecular complexity index is 341. The van der Waals surface area contributed by atoms with Crippen LogP contribution in [0.5, 0.6) is 0 Å². The molecule has 0 unspecified atom stereocenters. The molecule has 0 aromatic carbocycles. The highest BCUT2D eigenvalue weighted by molar-refractivity contribution is 5.54. The zero-order chi connectivity index (χ0) is 12.0. The summed E-state index contributed by atoms with van der Waals surface area (Å²) < 4.78 is 0. The van der Waals surface area contributed by atoms with Gasteiger partial charge in [0.25, 0.3) is 0 Å². The van der Waals surface area contributed by atoms with Crippen LogP contribution < -0.4 is 11.1 Å². The van der Waals surface area contributed by atoms with Gasteiger partial charge in [-0.15, -0.1) is 0 Å². The predicted octanol–water partition coefficient (Wildman–Crippen LogP) is 1.11. The number of aliphatic hydroxyl groups is 1. The van der Waals surface area contributed by atoms with Gasteiger partial charge in [0.05, 0.1) is 0 Å². The molecule has 0 spiro atoms. The van der Waals surface area contributed by atoms with E-state index in [0.29, 0.717) is 18.8 Å². The summed E-state index contributed by atoms with van der Waals surface area (Å²) in [5.41, 5.74) is 6.69. The van der Waals surface area contributed by atoms with Gasteiger partial charge in [0.15, 0.2) is 0 Å². The van der Waals surface area contributed by atoms with Gasteiger partial charge < -0.3 is 16.2 Å². The molecule has 90 valence electrons.